The maximum Gasteiger partial charge on any atom is 0.416 e. The van der Waals surface area contributed by atoms with E-state index in [-0.39, 0.29) is 24.3 Å². The molecule has 160 valence electrons. The standard InChI is InChI=1S/C21H20F3NO4S/c1-13-25-17-10-14(6-7-18(17)29-13)19-12-20(2,8-9-28-19)30(26,27)16-5-3-4-15(11-16)21(22,23)24/h3-7,10-11,19H,8-9,12H2,1-2H3. The molecule has 5 nitrogen and oxygen atoms in total. The lowest BCUT2D eigenvalue weighted by molar-refractivity contribution is -0.137. The fourth-order valence-electron chi connectivity index (χ4n) is 3.81. The summed E-state index contributed by atoms with van der Waals surface area (Å²) >= 11 is 0. The number of oxazole rings is 1. The molecule has 2 unspecified atom stereocenters. The van der Waals surface area contributed by atoms with E-state index in [1.54, 1.807) is 32.0 Å². The smallest absolute Gasteiger partial charge is 0.416 e. The van der Waals surface area contributed by atoms with Crippen LogP contribution in [0.1, 0.15) is 42.9 Å². The molecule has 0 radical (unpaired) electrons. The number of aromatic nitrogens is 1. The molecule has 0 aliphatic carbocycles. The minimum absolute atomic E-state index is 0.119. The van der Waals surface area contributed by atoms with Gasteiger partial charge in [-0.1, -0.05) is 12.1 Å². The van der Waals surface area contributed by atoms with Crippen LogP contribution in [0.2, 0.25) is 0 Å². The number of nitrogens with zero attached hydrogens (tertiary/aromatic N) is 1. The molecule has 0 spiro atoms. The largest absolute Gasteiger partial charge is 0.441 e. The summed E-state index contributed by atoms with van der Waals surface area (Å²) in [4.78, 5) is 3.96. The molecule has 30 heavy (non-hydrogen) atoms. The molecule has 0 amide bonds. The van der Waals surface area contributed by atoms with Crippen LogP contribution >= 0.6 is 0 Å². The molecule has 9 heteroatoms. The Morgan fingerprint density at radius 3 is 2.67 bits per heavy atom. The number of rotatable bonds is 3. The summed E-state index contributed by atoms with van der Waals surface area (Å²) in [5.74, 6) is 0.517. The first-order valence-corrected chi connectivity index (χ1v) is 10.9. The topological polar surface area (TPSA) is 69.4 Å². The summed E-state index contributed by atoms with van der Waals surface area (Å²) in [7, 11) is -4.04. The van der Waals surface area contributed by atoms with Gasteiger partial charge in [-0.2, -0.15) is 13.2 Å². The monoisotopic (exact) mass is 439 g/mol. The van der Waals surface area contributed by atoms with Crippen LogP contribution < -0.4 is 0 Å². The highest BCUT2D eigenvalue weighted by molar-refractivity contribution is 7.92. The highest BCUT2D eigenvalue weighted by Gasteiger charge is 2.45. The van der Waals surface area contributed by atoms with Crippen LogP contribution in [0, 0.1) is 6.92 Å². The van der Waals surface area contributed by atoms with Crippen LogP contribution in [-0.2, 0) is 20.8 Å². The number of sulfone groups is 1. The minimum atomic E-state index is -4.62. The molecule has 0 N–H and O–H groups in total. The summed E-state index contributed by atoms with van der Waals surface area (Å²) in [5.41, 5.74) is 1.02. The van der Waals surface area contributed by atoms with Crippen LogP contribution in [0.5, 0.6) is 0 Å². The fraction of sp³-hybridized carbons (Fsp3) is 0.381. The molecule has 3 aromatic rings. The molecule has 2 heterocycles. The maximum atomic E-state index is 13.3. The summed E-state index contributed by atoms with van der Waals surface area (Å²) in [6.45, 7) is 3.47. The number of halogens is 3. The molecular weight excluding hydrogens is 419 g/mol. The van der Waals surface area contributed by atoms with Gasteiger partial charge in [0.05, 0.1) is 21.3 Å². The molecule has 1 aliphatic rings. The molecule has 4 rings (SSSR count). The Kier molecular flexibility index (Phi) is 4.93. The second kappa shape index (κ2) is 7.09. The number of hydrogen-bond donors (Lipinski definition) is 0. The normalized spacial score (nSPS) is 23.0. The number of aryl methyl sites for hydroxylation is 1. The van der Waals surface area contributed by atoms with Crippen molar-refractivity contribution in [2.24, 2.45) is 0 Å². The van der Waals surface area contributed by atoms with Crippen LogP contribution in [0.4, 0.5) is 13.2 Å². The molecule has 0 bridgehead atoms. The van der Waals surface area contributed by atoms with Crippen LogP contribution in [0.3, 0.4) is 0 Å². The number of benzene rings is 2. The van der Waals surface area contributed by atoms with E-state index in [2.05, 4.69) is 4.98 Å². The van der Waals surface area contributed by atoms with Gasteiger partial charge in [-0.25, -0.2) is 13.4 Å². The first-order valence-electron chi connectivity index (χ1n) is 9.40. The summed E-state index contributed by atoms with van der Waals surface area (Å²) in [5, 5.41) is 0. The Bertz CT molecular complexity index is 1200. The van der Waals surface area contributed by atoms with Crippen molar-refractivity contribution in [3.05, 3.63) is 59.5 Å². The Morgan fingerprint density at radius 2 is 1.93 bits per heavy atom. The average Bonchev–Trinajstić information content (AvgIpc) is 3.06. The van der Waals surface area contributed by atoms with Crippen molar-refractivity contribution in [2.45, 2.75) is 48.6 Å². The average molecular weight is 439 g/mol. The highest BCUT2D eigenvalue weighted by atomic mass is 32.2. The molecule has 1 aliphatic heterocycles. The van der Waals surface area contributed by atoms with Gasteiger partial charge in [-0.15, -0.1) is 0 Å². The van der Waals surface area contributed by atoms with Crippen molar-refractivity contribution in [1.29, 1.82) is 0 Å². The van der Waals surface area contributed by atoms with Gasteiger partial charge in [-0.3, -0.25) is 0 Å². The summed E-state index contributed by atoms with van der Waals surface area (Å²) < 4.78 is 75.9. The first kappa shape index (κ1) is 20.9. The van der Waals surface area contributed by atoms with Crippen molar-refractivity contribution in [3.8, 4) is 0 Å². The second-order valence-corrected chi connectivity index (χ2v) is 10.2. The Hall–Kier alpha value is -2.39. The zero-order valence-electron chi connectivity index (χ0n) is 16.4. The maximum absolute atomic E-state index is 13.3. The van der Waals surface area contributed by atoms with E-state index in [9.17, 15) is 21.6 Å². The van der Waals surface area contributed by atoms with Crippen molar-refractivity contribution >= 4 is 20.9 Å². The van der Waals surface area contributed by atoms with Gasteiger partial charge in [0.15, 0.2) is 21.3 Å². The third-order valence-corrected chi connectivity index (χ3v) is 8.12. The van der Waals surface area contributed by atoms with Gasteiger partial charge in [0.2, 0.25) is 0 Å². The quantitative estimate of drug-likeness (QED) is 0.558. The summed E-state index contributed by atoms with van der Waals surface area (Å²) in [6.07, 6.45) is -4.83. The number of hydrogen-bond acceptors (Lipinski definition) is 5. The molecule has 2 aromatic carbocycles. The van der Waals surface area contributed by atoms with Crippen molar-refractivity contribution in [3.63, 3.8) is 0 Å². The molecular formula is C21H20F3NO4S. The lowest BCUT2D eigenvalue weighted by Crippen LogP contribution is -2.42. The van der Waals surface area contributed by atoms with E-state index < -0.39 is 32.4 Å². The number of alkyl halides is 3. The van der Waals surface area contributed by atoms with E-state index in [0.717, 1.165) is 17.7 Å². The molecule has 1 fully saturated rings. The van der Waals surface area contributed by atoms with E-state index in [4.69, 9.17) is 9.15 Å². The van der Waals surface area contributed by atoms with Gasteiger partial charge < -0.3 is 9.15 Å². The van der Waals surface area contributed by atoms with Gasteiger partial charge in [0.25, 0.3) is 0 Å². The first-order chi connectivity index (χ1) is 14.0. The predicted octanol–water partition coefficient (Wildman–Crippen LogP) is 5.24. The van der Waals surface area contributed by atoms with Crippen LogP contribution in [0.25, 0.3) is 11.1 Å². The lowest BCUT2D eigenvalue weighted by atomic mass is 9.92. The van der Waals surface area contributed by atoms with Crippen molar-refractivity contribution < 1.29 is 30.7 Å². The van der Waals surface area contributed by atoms with Gasteiger partial charge in [0, 0.05) is 13.5 Å². The Balaban J connectivity index is 1.67. The highest BCUT2D eigenvalue weighted by Crippen LogP contribution is 2.43. The lowest BCUT2D eigenvalue weighted by Gasteiger charge is -2.38. The van der Waals surface area contributed by atoms with Gasteiger partial charge >= 0.3 is 6.18 Å². The van der Waals surface area contributed by atoms with Crippen molar-refractivity contribution in [2.75, 3.05) is 6.61 Å². The molecule has 2 atom stereocenters. The Labute approximate surface area is 171 Å². The van der Waals surface area contributed by atoms with Gasteiger partial charge in [-0.05, 0) is 55.7 Å². The van der Waals surface area contributed by atoms with E-state index in [1.807, 2.05) is 0 Å². The third kappa shape index (κ3) is 3.60. The van der Waals surface area contributed by atoms with Crippen LogP contribution in [-0.4, -0.2) is 24.8 Å². The van der Waals surface area contributed by atoms with Crippen LogP contribution in [0.15, 0.2) is 51.8 Å². The molecule has 0 saturated carbocycles. The van der Waals surface area contributed by atoms with E-state index >= 15 is 0 Å². The zero-order valence-corrected chi connectivity index (χ0v) is 17.2. The Morgan fingerprint density at radius 1 is 1.17 bits per heavy atom. The predicted molar refractivity (Wildman–Crippen MR) is 104 cm³/mol. The zero-order chi connectivity index (χ0) is 21.7. The number of ether oxygens (including phenoxy) is 1. The minimum Gasteiger partial charge on any atom is -0.441 e. The van der Waals surface area contributed by atoms with Gasteiger partial charge in [0.1, 0.15) is 5.52 Å². The van der Waals surface area contributed by atoms with Crippen molar-refractivity contribution in [1.82, 2.24) is 4.98 Å². The fourth-order valence-corrected chi connectivity index (χ4v) is 5.64. The second-order valence-electron chi connectivity index (χ2n) is 7.75. The summed E-state index contributed by atoms with van der Waals surface area (Å²) in [6, 6.07) is 9.24. The third-order valence-electron chi connectivity index (χ3n) is 5.58. The van der Waals surface area contributed by atoms with E-state index in [0.29, 0.717) is 23.1 Å². The molecule has 1 aromatic heterocycles. The van der Waals surface area contributed by atoms with E-state index in [1.165, 1.54) is 6.07 Å². The SMILES string of the molecule is Cc1nc2cc(C3CC(C)(S(=O)(=O)c4cccc(C(F)(F)F)c4)CCO3)ccc2o1. The molecule has 1 saturated heterocycles. The number of fused-ring (bicyclic) bond motifs is 1.